The van der Waals surface area contributed by atoms with E-state index in [1.165, 1.54) is 0 Å². The lowest BCUT2D eigenvalue weighted by atomic mass is 10.2. The van der Waals surface area contributed by atoms with Gasteiger partial charge in [0, 0.05) is 10.6 Å². The van der Waals surface area contributed by atoms with E-state index in [4.69, 9.17) is 11.6 Å². The highest BCUT2D eigenvalue weighted by Gasteiger charge is 2.03. The standard InChI is InChI=1S/C15H13ClN2O/c1-11-4-2-5-12(8-11)10-17-18-15(19)13-6-3-7-14(16)9-13/h2-10H,1H3,(H,18,19)/b17-10+. The van der Waals surface area contributed by atoms with Crippen molar-refractivity contribution in [1.29, 1.82) is 0 Å². The molecule has 0 aliphatic heterocycles. The summed E-state index contributed by atoms with van der Waals surface area (Å²) in [5.41, 5.74) is 5.03. The summed E-state index contributed by atoms with van der Waals surface area (Å²) in [5, 5.41) is 4.44. The fourth-order valence-corrected chi connectivity index (χ4v) is 1.80. The Bertz CT molecular complexity index is 623. The molecule has 2 rings (SSSR count). The molecular formula is C15H13ClN2O. The molecule has 19 heavy (non-hydrogen) atoms. The number of nitrogens with zero attached hydrogens (tertiary/aromatic N) is 1. The van der Waals surface area contributed by atoms with Gasteiger partial charge in [-0.1, -0.05) is 47.5 Å². The van der Waals surface area contributed by atoms with E-state index in [0.29, 0.717) is 10.6 Å². The molecule has 0 aromatic heterocycles. The van der Waals surface area contributed by atoms with E-state index in [2.05, 4.69) is 10.5 Å². The van der Waals surface area contributed by atoms with Gasteiger partial charge in [-0.3, -0.25) is 4.79 Å². The second kappa shape index (κ2) is 6.16. The van der Waals surface area contributed by atoms with Crippen LogP contribution in [0, 0.1) is 6.92 Å². The van der Waals surface area contributed by atoms with Crippen molar-refractivity contribution in [2.24, 2.45) is 5.10 Å². The Morgan fingerprint density at radius 2 is 2.00 bits per heavy atom. The Labute approximate surface area is 116 Å². The van der Waals surface area contributed by atoms with Crippen molar-refractivity contribution in [3.63, 3.8) is 0 Å². The van der Waals surface area contributed by atoms with Crippen molar-refractivity contribution >= 4 is 23.7 Å². The van der Waals surface area contributed by atoms with E-state index in [9.17, 15) is 4.79 Å². The number of halogens is 1. The minimum Gasteiger partial charge on any atom is -0.267 e. The molecular weight excluding hydrogens is 260 g/mol. The summed E-state index contributed by atoms with van der Waals surface area (Å²) in [6.07, 6.45) is 1.61. The molecule has 2 aromatic rings. The van der Waals surface area contributed by atoms with Crippen LogP contribution in [0.1, 0.15) is 21.5 Å². The highest BCUT2D eigenvalue weighted by Crippen LogP contribution is 2.10. The molecule has 96 valence electrons. The number of hydrogen-bond acceptors (Lipinski definition) is 2. The molecule has 0 saturated carbocycles. The van der Waals surface area contributed by atoms with Gasteiger partial charge in [0.2, 0.25) is 0 Å². The maximum absolute atomic E-state index is 11.8. The van der Waals surface area contributed by atoms with Gasteiger partial charge in [0.05, 0.1) is 6.21 Å². The molecule has 4 heteroatoms. The van der Waals surface area contributed by atoms with Crippen molar-refractivity contribution in [1.82, 2.24) is 5.43 Å². The zero-order valence-corrected chi connectivity index (χ0v) is 11.2. The van der Waals surface area contributed by atoms with Crippen molar-refractivity contribution in [2.45, 2.75) is 6.92 Å². The van der Waals surface area contributed by atoms with Gasteiger partial charge in [0.1, 0.15) is 0 Å². The van der Waals surface area contributed by atoms with E-state index < -0.39 is 0 Å². The predicted octanol–water partition coefficient (Wildman–Crippen LogP) is 3.41. The van der Waals surface area contributed by atoms with Crippen LogP contribution in [-0.2, 0) is 0 Å². The summed E-state index contributed by atoms with van der Waals surface area (Å²) in [4.78, 5) is 11.8. The number of benzene rings is 2. The topological polar surface area (TPSA) is 41.5 Å². The summed E-state index contributed by atoms with van der Waals surface area (Å²) in [6, 6.07) is 14.6. The van der Waals surface area contributed by atoms with Gasteiger partial charge in [-0.2, -0.15) is 5.10 Å². The quantitative estimate of drug-likeness (QED) is 0.675. The van der Waals surface area contributed by atoms with Gasteiger partial charge in [0.15, 0.2) is 0 Å². The summed E-state index contributed by atoms with van der Waals surface area (Å²) in [6.45, 7) is 2.00. The van der Waals surface area contributed by atoms with Gasteiger partial charge in [0.25, 0.3) is 5.91 Å². The number of carbonyl (C=O) groups is 1. The third-order valence-corrected chi connectivity index (χ3v) is 2.74. The Hall–Kier alpha value is -2.13. The average molecular weight is 273 g/mol. The molecule has 0 radical (unpaired) electrons. The molecule has 2 aromatic carbocycles. The van der Waals surface area contributed by atoms with Crippen LogP contribution < -0.4 is 5.43 Å². The van der Waals surface area contributed by atoms with Crippen molar-refractivity contribution in [3.05, 3.63) is 70.2 Å². The average Bonchev–Trinajstić information content (AvgIpc) is 2.38. The zero-order valence-electron chi connectivity index (χ0n) is 10.4. The van der Waals surface area contributed by atoms with Crippen molar-refractivity contribution in [2.75, 3.05) is 0 Å². The van der Waals surface area contributed by atoms with E-state index in [1.54, 1.807) is 30.5 Å². The number of rotatable bonds is 3. The maximum Gasteiger partial charge on any atom is 0.271 e. The molecule has 0 saturated heterocycles. The zero-order chi connectivity index (χ0) is 13.7. The predicted molar refractivity (Wildman–Crippen MR) is 77.7 cm³/mol. The lowest BCUT2D eigenvalue weighted by molar-refractivity contribution is 0.0955. The number of aryl methyl sites for hydroxylation is 1. The Morgan fingerprint density at radius 1 is 1.21 bits per heavy atom. The van der Waals surface area contributed by atoms with E-state index in [0.717, 1.165) is 11.1 Å². The third kappa shape index (κ3) is 3.93. The first kappa shape index (κ1) is 13.3. The molecule has 1 N–H and O–H groups in total. The van der Waals surface area contributed by atoms with Crippen LogP contribution >= 0.6 is 11.6 Å². The van der Waals surface area contributed by atoms with Crippen LogP contribution in [0.4, 0.5) is 0 Å². The summed E-state index contributed by atoms with van der Waals surface area (Å²) in [5.74, 6) is -0.286. The van der Waals surface area contributed by atoms with Crippen LogP contribution in [0.2, 0.25) is 5.02 Å². The van der Waals surface area contributed by atoms with Crippen LogP contribution in [0.15, 0.2) is 53.6 Å². The molecule has 0 atom stereocenters. The van der Waals surface area contributed by atoms with Crippen LogP contribution in [-0.4, -0.2) is 12.1 Å². The normalized spacial score (nSPS) is 10.6. The molecule has 3 nitrogen and oxygen atoms in total. The lowest BCUT2D eigenvalue weighted by Gasteiger charge is -2.00. The first-order valence-electron chi connectivity index (χ1n) is 5.81. The number of hydrazone groups is 1. The fourth-order valence-electron chi connectivity index (χ4n) is 1.61. The van der Waals surface area contributed by atoms with E-state index >= 15 is 0 Å². The van der Waals surface area contributed by atoms with Gasteiger partial charge < -0.3 is 0 Å². The van der Waals surface area contributed by atoms with E-state index in [-0.39, 0.29) is 5.91 Å². The number of carbonyl (C=O) groups excluding carboxylic acids is 1. The molecule has 0 heterocycles. The highest BCUT2D eigenvalue weighted by atomic mass is 35.5. The SMILES string of the molecule is Cc1cccc(/C=N/NC(=O)c2cccc(Cl)c2)c1. The minimum absolute atomic E-state index is 0.286. The maximum atomic E-state index is 11.8. The number of nitrogens with one attached hydrogen (secondary N) is 1. The molecule has 0 aliphatic carbocycles. The van der Waals surface area contributed by atoms with E-state index in [1.807, 2.05) is 31.2 Å². The second-order valence-electron chi connectivity index (χ2n) is 4.12. The first-order chi connectivity index (χ1) is 9.15. The molecule has 0 unspecified atom stereocenters. The Balaban J connectivity index is 2.01. The molecule has 1 amide bonds. The van der Waals surface area contributed by atoms with Gasteiger partial charge in [-0.05, 0) is 30.7 Å². The summed E-state index contributed by atoms with van der Waals surface area (Å²) >= 11 is 5.82. The summed E-state index contributed by atoms with van der Waals surface area (Å²) in [7, 11) is 0. The molecule has 0 bridgehead atoms. The Kier molecular flexibility index (Phi) is 4.31. The largest absolute Gasteiger partial charge is 0.271 e. The summed E-state index contributed by atoms with van der Waals surface area (Å²) < 4.78 is 0. The number of amides is 1. The minimum atomic E-state index is -0.286. The van der Waals surface area contributed by atoms with Crippen molar-refractivity contribution in [3.8, 4) is 0 Å². The lowest BCUT2D eigenvalue weighted by Crippen LogP contribution is -2.17. The van der Waals surface area contributed by atoms with Crippen LogP contribution in [0.25, 0.3) is 0 Å². The van der Waals surface area contributed by atoms with Gasteiger partial charge in [-0.25, -0.2) is 5.43 Å². The Morgan fingerprint density at radius 3 is 2.74 bits per heavy atom. The van der Waals surface area contributed by atoms with Crippen LogP contribution in [0.5, 0.6) is 0 Å². The third-order valence-electron chi connectivity index (χ3n) is 2.51. The molecule has 0 fully saturated rings. The highest BCUT2D eigenvalue weighted by molar-refractivity contribution is 6.30. The first-order valence-corrected chi connectivity index (χ1v) is 6.18. The van der Waals surface area contributed by atoms with Crippen molar-refractivity contribution < 1.29 is 4.79 Å². The second-order valence-corrected chi connectivity index (χ2v) is 4.56. The van der Waals surface area contributed by atoms with Gasteiger partial charge >= 0.3 is 0 Å². The monoisotopic (exact) mass is 272 g/mol. The number of hydrogen-bond donors (Lipinski definition) is 1. The van der Waals surface area contributed by atoms with Crippen LogP contribution in [0.3, 0.4) is 0 Å². The fraction of sp³-hybridized carbons (Fsp3) is 0.0667. The van der Waals surface area contributed by atoms with Gasteiger partial charge in [-0.15, -0.1) is 0 Å². The molecule has 0 aliphatic rings. The molecule has 0 spiro atoms. The smallest absolute Gasteiger partial charge is 0.267 e.